The van der Waals surface area contributed by atoms with Crippen LogP contribution in [0.2, 0.25) is 0 Å². The molecule has 8 heteroatoms. The van der Waals surface area contributed by atoms with Crippen LogP contribution in [0.15, 0.2) is 12.1 Å². The van der Waals surface area contributed by atoms with Gasteiger partial charge in [-0.05, 0) is 63.0 Å². The molecule has 1 saturated heterocycles. The van der Waals surface area contributed by atoms with Crippen LogP contribution in [0, 0.1) is 12.3 Å². The molecule has 3 aliphatic rings. The Hall–Kier alpha value is -2.22. The van der Waals surface area contributed by atoms with Gasteiger partial charge in [-0.25, -0.2) is 0 Å². The molecule has 2 aromatic heterocycles. The minimum atomic E-state index is -0.0915. The zero-order chi connectivity index (χ0) is 20.0. The number of amides is 2. The van der Waals surface area contributed by atoms with Gasteiger partial charge in [-0.1, -0.05) is 0 Å². The Kier molecular flexibility index (Phi) is 4.69. The van der Waals surface area contributed by atoms with Crippen molar-refractivity contribution in [3.05, 3.63) is 33.5 Å². The van der Waals surface area contributed by atoms with Gasteiger partial charge in [0.25, 0.3) is 11.8 Å². The number of likely N-dealkylation sites (tertiary alicyclic amines) is 1. The highest BCUT2D eigenvalue weighted by Gasteiger charge is 2.41. The normalized spacial score (nSPS) is 20.9. The average Bonchev–Trinajstić information content (AvgIpc) is 3.30. The highest BCUT2D eigenvalue weighted by atomic mass is 32.1. The van der Waals surface area contributed by atoms with Crippen LogP contribution in [0.5, 0.6) is 0 Å². The summed E-state index contributed by atoms with van der Waals surface area (Å²) < 4.78 is 2.04. The molecule has 2 aliphatic heterocycles. The Balaban J connectivity index is 1.26. The summed E-state index contributed by atoms with van der Waals surface area (Å²) in [4.78, 5) is 29.4. The molecule has 0 aromatic carbocycles. The van der Waals surface area contributed by atoms with Crippen LogP contribution in [0.1, 0.15) is 69.5 Å². The van der Waals surface area contributed by atoms with Crippen molar-refractivity contribution < 1.29 is 9.59 Å². The van der Waals surface area contributed by atoms with E-state index in [9.17, 15) is 9.59 Å². The van der Waals surface area contributed by atoms with E-state index in [1.165, 1.54) is 11.3 Å². The van der Waals surface area contributed by atoms with Gasteiger partial charge in [0.2, 0.25) is 5.82 Å². The topological polar surface area (TPSA) is 80.1 Å². The first-order valence-corrected chi connectivity index (χ1v) is 11.4. The Morgan fingerprint density at radius 2 is 1.97 bits per heavy atom. The third-order valence-electron chi connectivity index (χ3n) is 6.91. The number of carbonyl (C=O) groups is 2. The SMILES string of the molecule is Cc1ccc(C(=O)N2CCC3(CCc4nnc(C(=O)NC5CCC5)n4C3)CC2)s1. The number of aryl methyl sites for hydroxylation is 2. The minimum absolute atomic E-state index is 0.0915. The van der Waals surface area contributed by atoms with Crippen molar-refractivity contribution in [1.29, 1.82) is 0 Å². The van der Waals surface area contributed by atoms with Gasteiger partial charge in [0, 0.05) is 37.0 Å². The van der Waals surface area contributed by atoms with E-state index in [1.54, 1.807) is 11.3 Å². The molecule has 2 fully saturated rings. The van der Waals surface area contributed by atoms with E-state index >= 15 is 0 Å². The maximum atomic E-state index is 12.8. The Bertz CT molecular complexity index is 937. The first kappa shape index (κ1) is 18.8. The van der Waals surface area contributed by atoms with Crippen molar-refractivity contribution in [3.63, 3.8) is 0 Å². The van der Waals surface area contributed by atoms with E-state index in [-0.39, 0.29) is 17.2 Å². The average molecular weight is 414 g/mol. The van der Waals surface area contributed by atoms with Crippen molar-refractivity contribution in [2.24, 2.45) is 5.41 Å². The number of fused-ring (bicyclic) bond motifs is 1. The van der Waals surface area contributed by atoms with Gasteiger partial charge in [-0.3, -0.25) is 9.59 Å². The van der Waals surface area contributed by atoms with Crippen LogP contribution in [0.4, 0.5) is 0 Å². The summed E-state index contributed by atoms with van der Waals surface area (Å²) in [6.45, 7) is 4.36. The number of nitrogens with zero attached hydrogens (tertiary/aromatic N) is 4. The summed E-state index contributed by atoms with van der Waals surface area (Å²) in [5.74, 6) is 1.44. The van der Waals surface area contributed by atoms with Gasteiger partial charge in [0.1, 0.15) is 5.82 Å². The van der Waals surface area contributed by atoms with Crippen molar-refractivity contribution in [1.82, 2.24) is 25.0 Å². The monoisotopic (exact) mass is 413 g/mol. The Morgan fingerprint density at radius 3 is 2.62 bits per heavy atom. The third kappa shape index (κ3) is 3.47. The van der Waals surface area contributed by atoms with Crippen molar-refractivity contribution in [2.45, 2.75) is 64.5 Å². The molecule has 0 unspecified atom stereocenters. The zero-order valence-electron chi connectivity index (χ0n) is 16.8. The second-order valence-corrected chi connectivity index (χ2v) is 10.1. The molecule has 7 nitrogen and oxygen atoms in total. The highest BCUT2D eigenvalue weighted by molar-refractivity contribution is 7.13. The molecular weight excluding hydrogens is 386 g/mol. The number of carbonyl (C=O) groups excluding carboxylic acids is 2. The molecule has 1 N–H and O–H groups in total. The van der Waals surface area contributed by atoms with E-state index in [0.717, 1.165) is 68.9 Å². The van der Waals surface area contributed by atoms with Crippen LogP contribution in [0.25, 0.3) is 0 Å². The van der Waals surface area contributed by atoms with Crippen LogP contribution in [-0.4, -0.2) is 50.6 Å². The van der Waals surface area contributed by atoms with Gasteiger partial charge in [0.15, 0.2) is 0 Å². The molecule has 1 saturated carbocycles. The van der Waals surface area contributed by atoms with Gasteiger partial charge in [-0.2, -0.15) is 0 Å². The fourth-order valence-electron chi connectivity index (χ4n) is 4.75. The lowest BCUT2D eigenvalue weighted by molar-refractivity contribution is 0.0468. The van der Waals surface area contributed by atoms with E-state index < -0.39 is 0 Å². The van der Waals surface area contributed by atoms with Gasteiger partial charge in [0.05, 0.1) is 4.88 Å². The molecule has 1 spiro atoms. The summed E-state index contributed by atoms with van der Waals surface area (Å²) in [6.07, 6.45) is 7.13. The van der Waals surface area contributed by atoms with Gasteiger partial charge < -0.3 is 14.8 Å². The second kappa shape index (κ2) is 7.23. The summed E-state index contributed by atoms with van der Waals surface area (Å²) >= 11 is 1.57. The van der Waals surface area contributed by atoms with Crippen LogP contribution in [0.3, 0.4) is 0 Å². The van der Waals surface area contributed by atoms with Crippen LogP contribution < -0.4 is 5.32 Å². The summed E-state index contributed by atoms with van der Waals surface area (Å²) in [5.41, 5.74) is 0.128. The number of piperidine rings is 1. The molecule has 0 bridgehead atoms. The zero-order valence-corrected chi connectivity index (χ0v) is 17.6. The predicted octanol–water partition coefficient (Wildman–Crippen LogP) is 2.80. The van der Waals surface area contributed by atoms with Crippen molar-refractivity contribution >= 4 is 23.2 Å². The number of rotatable bonds is 3. The third-order valence-corrected chi connectivity index (χ3v) is 7.89. The highest BCUT2D eigenvalue weighted by Crippen LogP contribution is 2.41. The summed E-state index contributed by atoms with van der Waals surface area (Å²) in [6, 6.07) is 4.24. The standard InChI is InChI=1S/C21H27N5O2S/c1-14-5-6-16(29-14)20(28)25-11-9-21(10-12-25)8-7-17-23-24-18(26(17)13-21)19(27)22-15-3-2-4-15/h5-6,15H,2-4,7-13H2,1H3,(H,22,27). The van der Waals surface area contributed by atoms with E-state index in [2.05, 4.69) is 15.5 Å². The summed E-state index contributed by atoms with van der Waals surface area (Å²) in [5, 5.41) is 11.6. The van der Waals surface area contributed by atoms with Crippen molar-refractivity contribution in [2.75, 3.05) is 13.1 Å². The minimum Gasteiger partial charge on any atom is -0.347 e. The fourth-order valence-corrected chi connectivity index (χ4v) is 5.58. The Morgan fingerprint density at radius 1 is 1.17 bits per heavy atom. The maximum absolute atomic E-state index is 12.8. The quantitative estimate of drug-likeness (QED) is 0.839. The Labute approximate surface area is 174 Å². The first-order chi connectivity index (χ1) is 14.0. The van der Waals surface area contributed by atoms with E-state index in [4.69, 9.17) is 0 Å². The van der Waals surface area contributed by atoms with Crippen molar-refractivity contribution in [3.8, 4) is 0 Å². The number of hydrogen-bond acceptors (Lipinski definition) is 5. The lowest BCUT2D eigenvalue weighted by atomic mass is 9.73. The first-order valence-electron chi connectivity index (χ1n) is 10.6. The number of hydrogen-bond donors (Lipinski definition) is 1. The molecular formula is C21H27N5O2S. The van der Waals surface area contributed by atoms with E-state index in [0.29, 0.717) is 11.9 Å². The van der Waals surface area contributed by atoms with Crippen LogP contribution >= 0.6 is 11.3 Å². The van der Waals surface area contributed by atoms with Crippen LogP contribution in [-0.2, 0) is 13.0 Å². The number of thiophene rings is 1. The molecule has 0 radical (unpaired) electrons. The molecule has 29 heavy (non-hydrogen) atoms. The largest absolute Gasteiger partial charge is 0.347 e. The summed E-state index contributed by atoms with van der Waals surface area (Å²) in [7, 11) is 0. The predicted molar refractivity (Wildman–Crippen MR) is 110 cm³/mol. The van der Waals surface area contributed by atoms with E-state index in [1.807, 2.05) is 28.5 Å². The lowest BCUT2D eigenvalue weighted by Gasteiger charge is -2.44. The van der Waals surface area contributed by atoms with Gasteiger partial charge >= 0.3 is 0 Å². The molecule has 2 aromatic rings. The number of nitrogens with one attached hydrogen (secondary N) is 1. The molecule has 2 amide bonds. The second-order valence-electron chi connectivity index (χ2n) is 8.83. The molecule has 5 rings (SSSR count). The van der Waals surface area contributed by atoms with Gasteiger partial charge in [-0.15, -0.1) is 21.5 Å². The maximum Gasteiger partial charge on any atom is 0.289 e. The molecule has 4 heterocycles. The lowest BCUT2D eigenvalue weighted by Crippen LogP contribution is -2.47. The molecule has 0 atom stereocenters. The molecule has 154 valence electrons. The fraction of sp³-hybridized carbons (Fsp3) is 0.619. The smallest absolute Gasteiger partial charge is 0.289 e. The molecule has 1 aliphatic carbocycles. The number of aromatic nitrogens is 3.